The monoisotopic (exact) mass is 385 g/mol. The number of hydrogen-bond donors (Lipinski definition) is 1. The van der Waals surface area contributed by atoms with Crippen LogP contribution in [0.1, 0.15) is 48.9 Å². The largest absolute Gasteiger partial charge is 0.337 e. The summed E-state index contributed by atoms with van der Waals surface area (Å²) in [6.45, 7) is 5.47. The summed E-state index contributed by atoms with van der Waals surface area (Å²) in [4.78, 5) is 31.0. The Morgan fingerprint density at radius 3 is 2.82 bits per heavy atom. The molecule has 0 unspecified atom stereocenters. The minimum absolute atomic E-state index is 0.111. The minimum Gasteiger partial charge on any atom is -0.337 e. The number of nitrogens with zero attached hydrogens (tertiary/aromatic N) is 6. The van der Waals surface area contributed by atoms with Crippen LogP contribution in [-0.2, 0) is 17.9 Å². The Kier molecular flexibility index (Phi) is 4.91. The Bertz CT molecular complexity index is 881. The fraction of sp³-hybridized carbons (Fsp3) is 0.632. The highest BCUT2D eigenvalue weighted by Crippen LogP contribution is 2.36. The van der Waals surface area contributed by atoms with Crippen molar-refractivity contribution in [3.05, 3.63) is 23.9 Å². The molecule has 1 aliphatic carbocycles. The van der Waals surface area contributed by atoms with Gasteiger partial charge >= 0.3 is 0 Å². The molecular weight excluding hydrogens is 358 g/mol. The Morgan fingerprint density at radius 1 is 1.29 bits per heavy atom. The number of fused-ring (bicyclic) bond motifs is 1. The number of hydrogen-bond acceptors (Lipinski definition) is 5. The van der Waals surface area contributed by atoms with Gasteiger partial charge in [0.2, 0.25) is 5.82 Å². The van der Waals surface area contributed by atoms with Crippen LogP contribution in [0.4, 0.5) is 5.82 Å². The van der Waals surface area contributed by atoms with Crippen molar-refractivity contribution < 1.29 is 9.59 Å². The standard InChI is InChI=1S/C19H27N7O2/c1-4-13-8-14(9-13)10-25-11-20-17(23-25)18(27)21-15-5-6-26-16(7-12(2)22-26)24(3)19(15)28/h7,11,13-15H,4-6,8-10H2,1-3H3,(H,21,27)/t13-,14-,15-/m0/s1. The van der Waals surface area contributed by atoms with Gasteiger partial charge in [-0.25, -0.2) is 9.67 Å². The van der Waals surface area contributed by atoms with Crippen molar-refractivity contribution in [3.63, 3.8) is 0 Å². The second-order valence-corrected chi connectivity index (χ2v) is 7.98. The Hall–Kier alpha value is -2.71. The van der Waals surface area contributed by atoms with Gasteiger partial charge in [0.15, 0.2) is 0 Å². The smallest absolute Gasteiger partial charge is 0.291 e. The predicted octanol–water partition coefficient (Wildman–Crippen LogP) is 1.38. The fourth-order valence-electron chi connectivity index (χ4n) is 4.15. The van der Waals surface area contributed by atoms with Gasteiger partial charge in [0.25, 0.3) is 11.8 Å². The number of carbonyl (C=O) groups is 2. The summed E-state index contributed by atoms with van der Waals surface area (Å²) in [5.74, 6) is 1.72. The van der Waals surface area contributed by atoms with Gasteiger partial charge in [-0.2, -0.15) is 5.10 Å². The van der Waals surface area contributed by atoms with E-state index in [1.165, 1.54) is 19.3 Å². The molecule has 3 heterocycles. The number of carbonyl (C=O) groups excluding carboxylic acids is 2. The lowest BCUT2D eigenvalue weighted by Gasteiger charge is -2.34. The van der Waals surface area contributed by atoms with Gasteiger partial charge in [0.05, 0.1) is 5.69 Å². The van der Waals surface area contributed by atoms with Crippen LogP contribution in [0, 0.1) is 18.8 Å². The van der Waals surface area contributed by atoms with Crippen molar-refractivity contribution in [2.75, 3.05) is 11.9 Å². The van der Waals surface area contributed by atoms with Crippen molar-refractivity contribution in [2.45, 2.75) is 58.7 Å². The van der Waals surface area contributed by atoms with E-state index < -0.39 is 11.9 Å². The van der Waals surface area contributed by atoms with Crippen molar-refractivity contribution in [1.29, 1.82) is 0 Å². The second-order valence-electron chi connectivity index (χ2n) is 7.98. The number of likely N-dealkylation sites (N-methyl/N-ethyl adjacent to an activating group) is 1. The highest BCUT2D eigenvalue weighted by atomic mass is 16.2. The number of rotatable bonds is 5. The molecule has 2 aliphatic rings. The average Bonchev–Trinajstić information content (AvgIpc) is 3.24. The van der Waals surface area contributed by atoms with Gasteiger partial charge in [-0.3, -0.25) is 19.2 Å². The van der Waals surface area contributed by atoms with Gasteiger partial charge in [-0.15, -0.1) is 5.10 Å². The molecule has 1 fully saturated rings. The van der Waals surface area contributed by atoms with E-state index in [0.29, 0.717) is 18.9 Å². The molecule has 0 saturated heterocycles. The van der Waals surface area contributed by atoms with Crippen LogP contribution < -0.4 is 10.2 Å². The first-order valence-electron chi connectivity index (χ1n) is 9.97. The summed E-state index contributed by atoms with van der Waals surface area (Å²) in [5.41, 5.74) is 0.864. The molecule has 1 N–H and O–H groups in total. The van der Waals surface area contributed by atoms with E-state index >= 15 is 0 Å². The summed E-state index contributed by atoms with van der Waals surface area (Å²) in [6, 6.07) is 1.25. The molecular formula is C19H27N7O2. The number of aromatic nitrogens is 5. The van der Waals surface area contributed by atoms with E-state index in [1.54, 1.807) is 27.6 Å². The van der Waals surface area contributed by atoms with Crippen molar-refractivity contribution in [3.8, 4) is 0 Å². The Balaban J connectivity index is 1.37. The lowest BCUT2D eigenvalue weighted by Crippen LogP contribution is -2.47. The zero-order chi connectivity index (χ0) is 19.8. The maximum atomic E-state index is 12.8. The maximum absolute atomic E-state index is 12.8. The lowest BCUT2D eigenvalue weighted by atomic mass is 9.74. The van der Waals surface area contributed by atoms with Crippen LogP contribution in [0.5, 0.6) is 0 Å². The molecule has 0 aromatic carbocycles. The average molecular weight is 385 g/mol. The van der Waals surface area contributed by atoms with Crippen molar-refractivity contribution >= 4 is 17.6 Å². The molecule has 0 spiro atoms. The highest BCUT2D eigenvalue weighted by molar-refractivity contribution is 6.00. The Morgan fingerprint density at radius 2 is 2.07 bits per heavy atom. The van der Waals surface area contributed by atoms with Crippen LogP contribution in [0.2, 0.25) is 0 Å². The third-order valence-corrected chi connectivity index (χ3v) is 5.88. The van der Waals surface area contributed by atoms with Crippen molar-refractivity contribution in [2.24, 2.45) is 11.8 Å². The SMILES string of the molecule is CC[C@H]1C[C@H](Cn2cnc(C(=O)N[C@H]3CCn4nc(C)cc4N(C)C3=O)n2)C1. The Labute approximate surface area is 164 Å². The van der Waals surface area contributed by atoms with Crippen molar-refractivity contribution in [1.82, 2.24) is 29.9 Å². The third-order valence-electron chi connectivity index (χ3n) is 5.88. The summed E-state index contributed by atoms with van der Waals surface area (Å²) in [5, 5.41) is 11.5. The molecule has 1 atom stereocenters. The minimum atomic E-state index is -0.622. The zero-order valence-electron chi connectivity index (χ0n) is 16.6. The first-order chi connectivity index (χ1) is 13.4. The number of anilines is 1. The molecule has 1 saturated carbocycles. The number of amides is 2. The van der Waals surface area contributed by atoms with Crippen LogP contribution in [-0.4, -0.2) is 49.4 Å². The van der Waals surface area contributed by atoms with E-state index in [2.05, 4.69) is 27.4 Å². The maximum Gasteiger partial charge on any atom is 0.291 e. The van der Waals surface area contributed by atoms with E-state index in [-0.39, 0.29) is 11.7 Å². The summed E-state index contributed by atoms with van der Waals surface area (Å²) in [6.07, 6.45) is 5.74. The van der Waals surface area contributed by atoms with E-state index in [9.17, 15) is 9.59 Å². The quantitative estimate of drug-likeness (QED) is 0.839. The zero-order valence-corrected chi connectivity index (χ0v) is 16.6. The van der Waals surface area contributed by atoms with Crippen LogP contribution >= 0.6 is 0 Å². The molecule has 28 heavy (non-hydrogen) atoms. The topological polar surface area (TPSA) is 97.9 Å². The second kappa shape index (κ2) is 7.37. The van der Waals surface area contributed by atoms with Gasteiger partial charge in [-0.1, -0.05) is 13.3 Å². The third kappa shape index (κ3) is 3.53. The first kappa shape index (κ1) is 18.6. The molecule has 0 radical (unpaired) electrons. The van der Waals surface area contributed by atoms with Crippen LogP contribution in [0.3, 0.4) is 0 Å². The van der Waals surface area contributed by atoms with E-state index in [0.717, 1.165) is 24.0 Å². The van der Waals surface area contributed by atoms with Crippen LogP contribution in [0.15, 0.2) is 12.4 Å². The molecule has 9 heteroatoms. The molecule has 2 amide bonds. The molecule has 1 aliphatic heterocycles. The molecule has 2 aromatic heterocycles. The lowest BCUT2D eigenvalue weighted by molar-refractivity contribution is -0.120. The molecule has 0 bridgehead atoms. The normalized spacial score (nSPS) is 24.5. The summed E-state index contributed by atoms with van der Waals surface area (Å²) >= 11 is 0. The molecule has 9 nitrogen and oxygen atoms in total. The summed E-state index contributed by atoms with van der Waals surface area (Å²) in [7, 11) is 1.70. The predicted molar refractivity (Wildman–Crippen MR) is 103 cm³/mol. The number of nitrogens with one attached hydrogen (secondary N) is 1. The molecule has 4 rings (SSSR count). The van der Waals surface area contributed by atoms with Crippen LogP contribution in [0.25, 0.3) is 0 Å². The first-order valence-corrected chi connectivity index (χ1v) is 9.97. The highest BCUT2D eigenvalue weighted by Gasteiger charge is 2.32. The number of aryl methyl sites for hydroxylation is 2. The molecule has 150 valence electrons. The van der Waals surface area contributed by atoms with E-state index in [4.69, 9.17) is 0 Å². The van der Waals surface area contributed by atoms with Gasteiger partial charge in [0.1, 0.15) is 18.2 Å². The summed E-state index contributed by atoms with van der Waals surface area (Å²) < 4.78 is 3.54. The van der Waals surface area contributed by atoms with E-state index in [1.807, 2.05) is 13.0 Å². The van der Waals surface area contributed by atoms with Gasteiger partial charge in [0, 0.05) is 26.2 Å². The van der Waals surface area contributed by atoms with Gasteiger partial charge < -0.3 is 5.32 Å². The molecule has 2 aromatic rings. The fourth-order valence-corrected chi connectivity index (χ4v) is 4.15. The van der Waals surface area contributed by atoms with Gasteiger partial charge in [-0.05, 0) is 38.0 Å².